The zero-order valence-corrected chi connectivity index (χ0v) is 12.2. The third-order valence-electron chi connectivity index (χ3n) is 2.52. The lowest BCUT2D eigenvalue weighted by atomic mass is 10.1. The number of hydrogen-bond donors (Lipinski definition) is 0. The molecule has 17 heavy (non-hydrogen) atoms. The molecule has 0 fully saturated rings. The summed E-state index contributed by atoms with van der Waals surface area (Å²) < 4.78 is 11.2. The van der Waals surface area contributed by atoms with E-state index in [2.05, 4.69) is 22.9 Å². The highest BCUT2D eigenvalue weighted by molar-refractivity contribution is 9.09. The average molecular weight is 301 g/mol. The Hall–Kier alpha value is -0.700. The first-order chi connectivity index (χ1) is 8.30. The van der Waals surface area contributed by atoms with Gasteiger partial charge in [0, 0.05) is 17.3 Å². The lowest BCUT2D eigenvalue weighted by Crippen LogP contribution is -2.13. The molecule has 0 aromatic heterocycles. The Bertz CT molecular complexity index is 315. The molecule has 0 heterocycles. The van der Waals surface area contributed by atoms with Crippen molar-refractivity contribution in [3.05, 3.63) is 24.3 Å². The maximum Gasteiger partial charge on any atom is 0.122 e. The monoisotopic (exact) mass is 300 g/mol. The van der Waals surface area contributed by atoms with E-state index in [9.17, 15) is 0 Å². The lowest BCUT2D eigenvalue weighted by Gasteiger charge is -2.14. The third-order valence-corrected chi connectivity index (χ3v) is 3.43. The first-order valence-corrected chi connectivity index (χ1v) is 7.33. The van der Waals surface area contributed by atoms with Crippen LogP contribution in [0.2, 0.25) is 0 Å². The first kappa shape index (κ1) is 14.4. The van der Waals surface area contributed by atoms with E-state index < -0.39 is 0 Å². The second kappa shape index (κ2) is 8.40. The van der Waals surface area contributed by atoms with Crippen LogP contribution in [0.5, 0.6) is 11.5 Å². The molecule has 1 aromatic carbocycles. The van der Waals surface area contributed by atoms with Crippen molar-refractivity contribution in [2.24, 2.45) is 5.92 Å². The van der Waals surface area contributed by atoms with Gasteiger partial charge in [0.1, 0.15) is 11.5 Å². The Kier molecular flexibility index (Phi) is 7.10. The van der Waals surface area contributed by atoms with Gasteiger partial charge < -0.3 is 9.47 Å². The van der Waals surface area contributed by atoms with Crippen LogP contribution in [0, 0.1) is 5.92 Å². The molecular formula is C14H21BrO2. The molecule has 3 heteroatoms. The molecule has 1 unspecified atom stereocenters. The SMILES string of the molecule is CCCC(CBr)COc1cccc(OCC)c1. The molecule has 0 saturated heterocycles. The Balaban J connectivity index is 2.47. The molecule has 1 aromatic rings. The van der Waals surface area contributed by atoms with Crippen LogP contribution in [0.1, 0.15) is 26.7 Å². The molecule has 0 aliphatic carbocycles. The molecule has 1 rings (SSSR count). The molecule has 0 bridgehead atoms. The smallest absolute Gasteiger partial charge is 0.122 e. The standard InChI is InChI=1S/C14H21BrO2/c1-3-6-12(10-15)11-17-14-8-5-7-13(9-14)16-4-2/h5,7-9,12H,3-4,6,10-11H2,1-2H3. The van der Waals surface area contributed by atoms with Crippen molar-refractivity contribution in [2.45, 2.75) is 26.7 Å². The summed E-state index contributed by atoms with van der Waals surface area (Å²) in [6, 6.07) is 7.83. The minimum atomic E-state index is 0.579. The number of rotatable bonds is 8. The predicted octanol–water partition coefficient (Wildman–Crippen LogP) is 4.28. The molecule has 0 spiro atoms. The summed E-state index contributed by atoms with van der Waals surface area (Å²) in [6.07, 6.45) is 2.38. The number of hydrogen-bond acceptors (Lipinski definition) is 2. The summed E-state index contributed by atoms with van der Waals surface area (Å²) in [6.45, 7) is 5.62. The van der Waals surface area contributed by atoms with E-state index in [1.54, 1.807) is 0 Å². The van der Waals surface area contributed by atoms with E-state index in [1.807, 2.05) is 31.2 Å². The van der Waals surface area contributed by atoms with Gasteiger partial charge in [-0.15, -0.1) is 0 Å². The van der Waals surface area contributed by atoms with Crippen LogP contribution in [-0.4, -0.2) is 18.5 Å². The normalized spacial score (nSPS) is 12.2. The van der Waals surface area contributed by atoms with E-state index in [0.717, 1.165) is 23.4 Å². The molecular weight excluding hydrogens is 280 g/mol. The molecule has 0 radical (unpaired) electrons. The second-order valence-electron chi connectivity index (χ2n) is 4.03. The van der Waals surface area contributed by atoms with Crippen molar-refractivity contribution in [3.8, 4) is 11.5 Å². The van der Waals surface area contributed by atoms with Crippen molar-refractivity contribution in [2.75, 3.05) is 18.5 Å². The summed E-state index contributed by atoms with van der Waals surface area (Å²) in [5, 5.41) is 0.992. The Morgan fingerprint density at radius 3 is 2.47 bits per heavy atom. The Morgan fingerprint density at radius 2 is 1.88 bits per heavy atom. The van der Waals surface area contributed by atoms with Crippen molar-refractivity contribution in [3.63, 3.8) is 0 Å². The minimum absolute atomic E-state index is 0.579. The fourth-order valence-electron chi connectivity index (χ4n) is 1.65. The highest BCUT2D eigenvalue weighted by atomic mass is 79.9. The van der Waals surface area contributed by atoms with Gasteiger partial charge in [0.2, 0.25) is 0 Å². The van der Waals surface area contributed by atoms with E-state index >= 15 is 0 Å². The van der Waals surface area contributed by atoms with Gasteiger partial charge >= 0.3 is 0 Å². The number of halogens is 1. The van der Waals surface area contributed by atoms with Crippen molar-refractivity contribution in [1.29, 1.82) is 0 Å². The van der Waals surface area contributed by atoms with Gasteiger partial charge in [-0.25, -0.2) is 0 Å². The van der Waals surface area contributed by atoms with Crippen LogP contribution in [0.15, 0.2) is 24.3 Å². The number of benzene rings is 1. The molecule has 0 saturated carbocycles. The van der Waals surface area contributed by atoms with Crippen molar-refractivity contribution >= 4 is 15.9 Å². The van der Waals surface area contributed by atoms with E-state index in [4.69, 9.17) is 9.47 Å². The Morgan fingerprint density at radius 1 is 1.18 bits per heavy atom. The highest BCUT2D eigenvalue weighted by Crippen LogP contribution is 2.20. The average Bonchev–Trinajstić information content (AvgIpc) is 2.35. The van der Waals surface area contributed by atoms with E-state index in [0.29, 0.717) is 12.5 Å². The quantitative estimate of drug-likeness (QED) is 0.667. The van der Waals surface area contributed by atoms with Gasteiger partial charge in [0.15, 0.2) is 0 Å². The summed E-state index contributed by atoms with van der Waals surface area (Å²) >= 11 is 3.53. The van der Waals surface area contributed by atoms with Gasteiger partial charge in [-0.1, -0.05) is 35.3 Å². The van der Waals surface area contributed by atoms with Crippen LogP contribution in [0.3, 0.4) is 0 Å². The van der Waals surface area contributed by atoms with Crippen LogP contribution in [-0.2, 0) is 0 Å². The van der Waals surface area contributed by atoms with Gasteiger partial charge in [0.05, 0.1) is 13.2 Å². The highest BCUT2D eigenvalue weighted by Gasteiger charge is 2.07. The Labute approximate surface area is 112 Å². The van der Waals surface area contributed by atoms with Crippen LogP contribution >= 0.6 is 15.9 Å². The molecule has 0 aliphatic rings. The molecule has 0 N–H and O–H groups in total. The van der Waals surface area contributed by atoms with Gasteiger partial charge in [-0.2, -0.15) is 0 Å². The van der Waals surface area contributed by atoms with Gasteiger partial charge in [-0.3, -0.25) is 0 Å². The molecule has 2 nitrogen and oxygen atoms in total. The first-order valence-electron chi connectivity index (χ1n) is 6.21. The zero-order valence-electron chi connectivity index (χ0n) is 10.6. The van der Waals surface area contributed by atoms with Crippen LogP contribution in [0.4, 0.5) is 0 Å². The van der Waals surface area contributed by atoms with Crippen LogP contribution < -0.4 is 9.47 Å². The molecule has 96 valence electrons. The largest absolute Gasteiger partial charge is 0.494 e. The summed E-state index contributed by atoms with van der Waals surface area (Å²) in [5.41, 5.74) is 0. The maximum absolute atomic E-state index is 5.79. The lowest BCUT2D eigenvalue weighted by molar-refractivity contribution is 0.253. The topological polar surface area (TPSA) is 18.5 Å². The fraction of sp³-hybridized carbons (Fsp3) is 0.571. The maximum atomic E-state index is 5.79. The van der Waals surface area contributed by atoms with E-state index in [1.165, 1.54) is 12.8 Å². The molecule has 1 atom stereocenters. The van der Waals surface area contributed by atoms with Crippen LogP contribution in [0.25, 0.3) is 0 Å². The number of alkyl halides is 1. The zero-order chi connectivity index (χ0) is 12.5. The van der Waals surface area contributed by atoms with Gasteiger partial charge in [-0.05, 0) is 25.5 Å². The second-order valence-corrected chi connectivity index (χ2v) is 4.68. The fourth-order valence-corrected chi connectivity index (χ4v) is 2.16. The molecule has 0 amide bonds. The van der Waals surface area contributed by atoms with Crippen molar-refractivity contribution < 1.29 is 9.47 Å². The van der Waals surface area contributed by atoms with E-state index in [-0.39, 0.29) is 0 Å². The number of ether oxygens (including phenoxy) is 2. The van der Waals surface area contributed by atoms with Gasteiger partial charge in [0.25, 0.3) is 0 Å². The predicted molar refractivity (Wildman–Crippen MR) is 75.3 cm³/mol. The molecule has 0 aliphatic heterocycles. The summed E-state index contributed by atoms with van der Waals surface area (Å²) in [7, 11) is 0. The summed E-state index contributed by atoms with van der Waals surface area (Å²) in [4.78, 5) is 0. The summed E-state index contributed by atoms with van der Waals surface area (Å²) in [5.74, 6) is 2.34. The minimum Gasteiger partial charge on any atom is -0.494 e. The third kappa shape index (κ3) is 5.44. The van der Waals surface area contributed by atoms with Crippen molar-refractivity contribution in [1.82, 2.24) is 0 Å².